The van der Waals surface area contributed by atoms with Crippen LogP contribution in [0.2, 0.25) is 0 Å². The Hall–Kier alpha value is -1.16. The molecule has 0 atom stereocenters. The average Bonchev–Trinajstić information content (AvgIpc) is 3.29. The van der Waals surface area contributed by atoms with E-state index >= 15 is 0 Å². The molecule has 21 heavy (non-hydrogen) atoms. The summed E-state index contributed by atoms with van der Waals surface area (Å²) in [5.74, 6) is 1.66. The van der Waals surface area contributed by atoms with Gasteiger partial charge in [-0.1, -0.05) is 27.7 Å². The van der Waals surface area contributed by atoms with Crippen LogP contribution in [0.3, 0.4) is 0 Å². The molecule has 1 aliphatic rings. The van der Waals surface area contributed by atoms with Gasteiger partial charge in [0.15, 0.2) is 0 Å². The summed E-state index contributed by atoms with van der Waals surface area (Å²) in [4.78, 5) is 11.7. The van der Waals surface area contributed by atoms with Crippen LogP contribution < -0.4 is 10.2 Å². The van der Waals surface area contributed by atoms with Crippen molar-refractivity contribution in [3.05, 3.63) is 18.1 Å². The van der Waals surface area contributed by atoms with Crippen LogP contribution in [0.4, 0.5) is 5.82 Å². The molecule has 0 aliphatic heterocycles. The monoisotopic (exact) mass is 290 g/mol. The zero-order valence-electron chi connectivity index (χ0n) is 14.0. The molecule has 0 radical (unpaired) electrons. The highest BCUT2D eigenvalue weighted by Crippen LogP contribution is 2.21. The lowest BCUT2D eigenvalue weighted by molar-refractivity contribution is 0.501. The summed E-state index contributed by atoms with van der Waals surface area (Å²) in [6.45, 7) is 10.9. The van der Waals surface area contributed by atoms with Crippen molar-refractivity contribution in [3.8, 4) is 0 Å². The normalized spacial score (nSPS) is 15.0. The first kappa shape index (κ1) is 16.2. The van der Waals surface area contributed by atoms with Crippen LogP contribution in [0.25, 0.3) is 0 Å². The van der Waals surface area contributed by atoms with Gasteiger partial charge in [-0.25, -0.2) is 4.98 Å². The van der Waals surface area contributed by atoms with Crippen molar-refractivity contribution in [1.29, 1.82) is 0 Å². The van der Waals surface area contributed by atoms with Crippen LogP contribution in [-0.2, 0) is 6.54 Å². The van der Waals surface area contributed by atoms with Gasteiger partial charge in [0.1, 0.15) is 5.82 Å². The van der Waals surface area contributed by atoms with E-state index in [9.17, 15) is 0 Å². The fraction of sp³-hybridized carbons (Fsp3) is 0.765. The topological polar surface area (TPSA) is 41.1 Å². The van der Waals surface area contributed by atoms with Crippen molar-refractivity contribution in [2.24, 2.45) is 5.92 Å². The number of rotatable bonds is 9. The van der Waals surface area contributed by atoms with E-state index in [2.05, 4.69) is 42.9 Å². The molecule has 0 unspecified atom stereocenters. The third kappa shape index (κ3) is 4.95. The van der Waals surface area contributed by atoms with E-state index in [0.717, 1.165) is 37.4 Å². The van der Waals surface area contributed by atoms with Gasteiger partial charge in [0.25, 0.3) is 0 Å². The summed E-state index contributed by atoms with van der Waals surface area (Å²) < 4.78 is 0. The average molecular weight is 290 g/mol. The molecule has 4 heteroatoms. The number of anilines is 1. The van der Waals surface area contributed by atoms with Crippen LogP contribution in [0, 0.1) is 5.92 Å². The van der Waals surface area contributed by atoms with Gasteiger partial charge in [-0.3, -0.25) is 4.98 Å². The van der Waals surface area contributed by atoms with Gasteiger partial charge in [0.2, 0.25) is 0 Å². The highest BCUT2D eigenvalue weighted by Gasteiger charge is 2.21. The molecule has 2 rings (SSSR count). The summed E-state index contributed by atoms with van der Waals surface area (Å²) in [5.41, 5.74) is 1.05. The molecule has 1 fully saturated rings. The molecule has 1 aliphatic carbocycles. The highest BCUT2D eigenvalue weighted by molar-refractivity contribution is 5.38. The standard InChI is InChI=1S/C17H30N4/c1-5-16(6-2)21(12-13(3)4)17-11-18-9-15(20-17)10-19-14-7-8-14/h9,11,13-14,16,19H,5-8,10,12H2,1-4H3. The lowest BCUT2D eigenvalue weighted by Crippen LogP contribution is -2.38. The highest BCUT2D eigenvalue weighted by atomic mass is 15.2. The molecular formula is C17H30N4. The van der Waals surface area contributed by atoms with Crippen molar-refractivity contribution >= 4 is 5.82 Å². The van der Waals surface area contributed by atoms with E-state index in [1.165, 1.54) is 12.8 Å². The van der Waals surface area contributed by atoms with Crippen molar-refractivity contribution < 1.29 is 0 Å². The third-order valence-electron chi connectivity index (χ3n) is 4.06. The molecule has 1 aromatic rings. The summed E-state index contributed by atoms with van der Waals surface area (Å²) in [6, 6.07) is 1.26. The largest absolute Gasteiger partial charge is 0.352 e. The number of nitrogens with zero attached hydrogens (tertiary/aromatic N) is 3. The van der Waals surface area contributed by atoms with Gasteiger partial charge in [-0.15, -0.1) is 0 Å². The van der Waals surface area contributed by atoms with Crippen molar-refractivity contribution in [3.63, 3.8) is 0 Å². The Labute approximate surface area is 129 Å². The summed E-state index contributed by atoms with van der Waals surface area (Å²) >= 11 is 0. The van der Waals surface area contributed by atoms with Crippen molar-refractivity contribution in [2.75, 3.05) is 11.4 Å². The molecule has 0 saturated heterocycles. The fourth-order valence-electron chi connectivity index (χ4n) is 2.71. The Morgan fingerprint density at radius 3 is 2.52 bits per heavy atom. The minimum absolute atomic E-state index is 0.549. The Morgan fingerprint density at radius 2 is 1.95 bits per heavy atom. The minimum atomic E-state index is 0.549. The Balaban J connectivity index is 2.10. The van der Waals surface area contributed by atoms with Crippen LogP contribution in [0.1, 0.15) is 59.1 Å². The molecule has 118 valence electrons. The Bertz CT molecular complexity index is 425. The minimum Gasteiger partial charge on any atom is -0.352 e. The lowest BCUT2D eigenvalue weighted by Gasteiger charge is -2.33. The van der Waals surface area contributed by atoms with Gasteiger partial charge in [-0.2, -0.15) is 0 Å². The molecule has 0 amide bonds. The Kier molecular flexibility index (Phi) is 5.97. The Morgan fingerprint density at radius 1 is 1.24 bits per heavy atom. The van der Waals surface area contributed by atoms with Crippen molar-refractivity contribution in [1.82, 2.24) is 15.3 Å². The zero-order chi connectivity index (χ0) is 15.2. The van der Waals surface area contributed by atoms with Gasteiger partial charge in [0, 0.05) is 31.4 Å². The number of hydrogen-bond acceptors (Lipinski definition) is 4. The smallest absolute Gasteiger partial charge is 0.147 e. The maximum atomic E-state index is 4.84. The molecular weight excluding hydrogens is 260 g/mol. The first-order valence-electron chi connectivity index (χ1n) is 8.44. The predicted molar refractivity (Wildman–Crippen MR) is 88.4 cm³/mol. The maximum absolute atomic E-state index is 4.84. The molecule has 0 aromatic carbocycles. The number of nitrogens with one attached hydrogen (secondary N) is 1. The van der Waals surface area contributed by atoms with Crippen LogP contribution >= 0.6 is 0 Å². The second kappa shape index (κ2) is 7.74. The molecule has 1 heterocycles. The number of aromatic nitrogens is 2. The van der Waals surface area contributed by atoms with E-state index in [-0.39, 0.29) is 0 Å². The molecule has 1 N–H and O–H groups in total. The SMILES string of the molecule is CCC(CC)N(CC(C)C)c1cncc(CNC2CC2)n1. The maximum Gasteiger partial charge on any atom is 0.147 e. The van der Waals surface area contributed by atoms with E-state index < -0.39 is 0 Å². The van der Waals surface area contributed by atoms with Crippen molar-refractivity contribution in [2.45, 2.75) is 72.0 Å². The van der Waals surface area contributed by atoms with Gasteiger partial charge in [-0.05, 0) is 31.6 Å². The molecule has 4 nitrogen and oxygen atoms in total. The summed E-state index contributed by atoms with van der Waals surface area (Å²) in [5, 5.41) is 3.52. The second-order valence-corrected chi connectivity index (χ2v) is 6.54. The first-order valence-corrected chi connectivity index (χ1v) is 8.44. The summed E-state index contributed by atoms with van der Waals surface area (Å²) in [6.07, 6.45) is 8.71. The lowest BCUT2D eigenvalue weighted by atomic mass is 10.1. The van der Waals surface area contributed by atoms with Gasteiger partial charge in [0.05, 0.1) is 11.9 Å². The second-order valence-electron chi connectivity index (χ2n) is 6.54. The molecule has 0 bridgehead atoms. The van der Waals surface area contributed by atoms with Crippen LogP contribution in [0.5, 0.6) is 0 Å². The zero-order valence-corrected chi connectivity index (χ0v) is 14.0. The molecule has 0 spiro atoms. The van der Waals surface area contributed by atoms with E-state index in [4.69, 9.17) is 4.98 Å². The van der Waals surface area contributed by atoms with E-state index in [1.807, 2.05) is 12.4 Å². The van der Waals surface area contributed by atoms with Crippen LogP contribution in [0.15, 0.2) is 12.4 Å². The summed E-state index contributed by atoms with van der Waals surface area (Å²) in [7, 11) is 0. The van der Waals surface area contributed by atoms with E-state index in [0.29, 0.717) is 18.0 Å². The third-order valence-corrected chi connectivity index (χ3v) is 4.06. The fourth-order valence-corrected chi connectivity index (χ4v) is 2.71. The van der Waals surface area contributed by atoms with Gasteiger partial charge < -0.3 is 10.2 Å². The van der Waals surface area contributed by atoms with Gasteiger partial charge >= 0.3 is 0 Å². The quantitative estimate of drug-likeness (QED) is 0.757. The molecule has 1 aromatic heterocycles. The predicted octanol–water partition coefficient (Wildman–Crippen LogP) is 3.38. The molecule has 1 saturated carbocycles. The first-order chi connectivity index (χ1) is 10.1. The van der Waals surface area contributed by atoms with E-state index in [1.54, 1.807) is 0 Å². The van der Waals surface area contributed by atoms with Crippen LogP contribution in [-0.4, -0.2) is 28.6 Å². The number of hydrogen-bond donors (Lipinski definition) is 1.